The summed E-state index contributed by atoms with van der Waals surface area (Å²) in [7, 11) is 1.55. The first-order chi connectivity index (χ1) is 15.3. The van der Waals surface area contributed by atoms with Gasteiger partial charge in [0.15, 0.2) is 0 Å². The van der Waals surface area contributed by atoms with Crippen molar-refractivity contribution in [2.45, 2.75) is 26.4 Å². The summed E-state index contributed by atoms with van der Waals surface area (Å²) in [5.41, 5.74) is 1.87. The number of Topliss-reactive ketones (excluding diaryl/α,β-unsaturated/α-hetero) is 1. The summed E-state index contributed by atoms with van der Waals surface area (Å²) in [4.78, 5) is 28.3. The van der Waals surface area contributed by atoms with Crippen LogP contribution in [-0.4, -0.2) is 28.8 Å². The lowest BCUT2D eigenvalue weighted by molar-refractivity contribution is -0.140. The maximum absolute atomic E-state index is 14.9. The molecule has 1 aliphatic rings. The van der Waals surface area contributed by atoms with E-state index in [0.717, 1.165) is 10.4 Å². The fourth-order valence-electron chi connectivity index (χ4n) is 4.04. The number of likely N-dealkylation sites (tertiary alicyclic amines) is 1. The average Bonchev–Trinajstić information content (AvgIpc) is 3.37. The number of ketones is 1. The number of aliphatic hydroxyl groups is 1. The molecule has 0 bridgehead atoms. The number of nitrogens with zero attached hydrogens (tertiary/aromatic N) is 1. The highest BCUT2D eigenvalue weighted by atomic mass is 32.1. The van der Waals surface area contributed by atoms with Crippen LogP contribution in [0.3, 0.4) is 0 Å². The zero-order valence-corrected chi connectivity index (χ0v) is 18.7. The second-order valence-corrected chi connectivity index (χ2v) is 8.70. The normalized spacial score (nSPS) is 17.8. The minimum absolute atomic E-state index is 0.121. The third-order valence-corrected chi connectivity index (χ3v) is 6.50. The molecule has 7 heteroatoms. The lowest BCUT2D eigenvalue weighted by Crippen LogP contribution is -2.29. The Bertz CT molecular complexity index is 1230. The van der Waals surface area contributed by atoms with Crippen molar-refractivity contribution in [2.75, 3.05) is 7.11 Å². The van der Waals surface area contributed by atoms with E-state index in [1.807, 2.05) is 24.4 Å². The molecule has 2 aromatic carbocycles. The molecule has 164 valence electrons. The number of halogens is 1. The molecule has 1 N–H and O–H groups in total. The molecular formula is C25H22FNO4S. The molecule has 5 nitrogen and oxygen atoms in total. The van der Waals surface area contributed by atoms with Crippen LogP contribution in [0.25, 0.3) is 5.76 Å². The van der Waals surface area contributed by atoms with E-state index in [0.29, 0.717) is 16.9 Å². The number of amides is 1. The summed E-state index contributed by atoms with van der Waals surface area (Å²) in [6.07, 6.45) is 0. The van der Waals surface area contributed by atoms with E-state index in [4.69, 9.17) is 4.74 Å². The van der Waals surface area contributed by atoms with E-state index >= 15 is 0 Å². The third-order valence-electron chi connectivity index (χ3n) is 5.64. The molecule has 3 aromatic rings. The van der Waals surface area contributed by atoms with Crippen LogP contribution in [0, 0.1) is 19.7 Å². The molecule has 1 aliphatic heterocycles. The van der Waals surface area contributed by atoms with Gasteiger partial charge in [-0.05, 0) is 54.6 Å². The van der Waals surface area contributed by atoms with Crippen LogP contribution in [0.1, 0.15) is 33.2 Å². The lowest BCUT2D eigenvalue weighted by Gasteiger charge is -2.25. The largest absolute Gasteiger partial charge is 0.507 e. The van der Waals surface area contributed by atoms with Crippen LogP contribution in [0.4, 0.5) is 4.39 Å². The van der Waals surface area contributed by atoms with E-state index in [-0.39, 0.29) is 23.4 Å². The Balaban J connectivity index is 1.93. The number of thiophene rings is 1. The Morgan fingerprint density at radius 2 is 1.88 bits per heavy atom. The fourth-order valence-corrected chi connectivity index (χ4v) is 4.75. The smallest absolute Gasteiger partial charge is 0.295 e. The molecule has 0 aliphatic carbocycles. The molecule has 1 saturated heterocycles. The quantitative estimate of drug-likeness (QED) is 0.332. The molecule has 1 atom stereocenters. The van der Waals surface area contributed by atoms with Crippen LogP contribution < -0.4 is 4.74 Å². The summed E-state index contributed by atoms with van der Waals surface area (Å²) in [5.74, 6) is -1.84. The molecule has 1 amide bonds. The number of ether oxygens (including phenoxy) is 1. The Hall–Kier alpha value is -3.45. The van der Waals surface area contributed by atoms with Crippen LogP contribution >= 0.6 is 11.3 Å². The number of carbonyl (C=O) groups is 2. The van der Waals surface area contributed by atoms with Gasteiger partial charge in [0.25, 0.3) is 11.7 Å². The van der Waals surface area contributed by atoms with Gasteiger partial charge in [0.2, 0.25) is 0 Å². The number of hydrogen-bond acceptors (Lipinski definition) is 5. The average molecular weight is 452 g/mol. The Morgan fingerprint density at radius 1 is 1.12 bits per heavy atom. The zero-order valence-electron chi connectivity index (χ0n) is 17.9. The number of aliphatic hydroxyl groups excluding tert-OH is 1. The third kappa shape index (κ3) is 3.69. The van der Waals surface area contributed by atoms with Gasteiger partial charge < -0.3 is 14.7 Å². The molecule has 4 rings (SSSR count). The number of aryl methyl sites for hydroxylation is 2. The van der Waals surface area contributed by atoms with Crippen molar-refractivity contribution in [3.63, 3.8) is 0 Å². The van der Waals surface area contributed by atoms with Gasteiger partial charge in [-0.3, -0.25) is 9.59 Å². The summed E-state index contributed by atoms with van der Waals surface area (Å²) in [6, 6.07) is 12.1. The minimum atomic E-state index is -1.04. The minimum Gasteiger partial charge on any atom is -0.507 e. The van der Waals surface area contributed by atoms with Gasteiger partial charge in [0.1, 0.15) is 17.3 Å². The molecule has 0 radical (unpaired) electrons. The van der Waals surface area contributed by atoms with Gasteiger partial charge in [0.05, 0.1) is 25.3 Å². The molecule has 0 spiro atoms. The highest BCUT2D eigenvalue weighted by Crippen LogP contribution is 2.42. The van der Waals surface area contributed by atoms with E-state index < -0.39 is 23.5 Å². The van der Waals surface area contributed by atoms with E-state index in [1.54, 1.807) is 38.3 Å². The van der Waals surface area contributed by atoms with Crippen molar-refractivity contribution in [3.8, 4) is 5.75 Å². The first-order valence-corrected chi connectivity index (χ1v) is 10.9. The topological polar surface area (TPSA) is 66.8 Å². The van der Waals surface area contributed by atoms with Crippen LogP contribution in [0.15, 0.2) is 59.5 Å². The van der Waals surface area contributed by atoms with Crippen molar-refractivity contribution < 1.29 is 23.8 Å². The Morgan fingerprint density at radius 3 is 2.53 bits per heavy atom. The lowest BCUT2D eigenvalue weighted by atomic mass is 9.93. The molecule has 0 saturated carbocycles. The summed E-state index contributed by atoms with van der Waals surface area (Å²) in [6.45, 7) is 3.73. The number of methoxy groups -OCH3 is 1. The van der Waals surface area contributed by atoms with Crippen molar-refractivity contribution in [1.82, 2.24) is 4.90 Å². The highest BCUT2D eigenvalue weighted by Gasteiger charge is 2.47. The number of benzene rings is 2. The Labute approximate surface area is 189 Å². The highest BCUT2D eigenvalue weighted by molar-refractivity contribution is 7.09. The standard InChI is InChI=1S/C25H22FNO4S/c1-14-12-20(31-3)15(2)11-18(14)23(28)21-22(17-8-4-5-9-19(17)26)27(25(30)24(21)29)13-16-7-6-10-32-16/h4-12,22,28H,13H2,1-3H3/b23-21+. The van der Waals surface area contributed by atoms with Crippen molar-refractivity contribution >= 4 is 28.8 Å². The van der Waals surface area contributed by atoms with Crippen LogP contribution in [-0.2, 0) is 16.1 Å². The number of carbonyl (C=O) groups excluding carboxylic acids is 2. The summed E-state index contributed by atoms with van der Waals surface area (Å²) in [5, 5.41) is 13.1. The number of hydrogen-bond donors (Lipinski definition) is 1. The molecule has 1 fully saturated rings. The number of rotatable bonds is 5. The monoisotopic (exact) mass is 451 g/mol. The van der Waals surface area contributed by atoms with Crippen molar-refractivity contribution in [3.05, 3.63) is 92.4 Å². The predicted molar refractivity (Wildman–Crippen MR) is 121 cm³/mol. The molecule has 32 heavy (non-hydrogen) atoms. The SMILES string of the molecule is COc1cc(C)c(/C(O)=C2\C(=O)C(=O)N(Cc3cccs3)C2c2ccccc2F)cc1C. The van der Waals surface area contributed by atoms with Gasteiger partial charge in [-0.2, -0.15) is 0 Å². The molecule has 1 aromatic heterocycles. The van der Waals surface area contributed by atoms with Gasteiger partial charge in [0, 0.05) is 16.0 Å². The van der Waals surface area contributed by atoms with E-state index in [1.165, 1.54) is 28.4 Å². The van der Waals surface area contributed by atoms with Gasteiger partial charge in [-0.1, -0.05) is 24.3 Å². The fraction of sp³-hybridized carbons (Fsp3) is 0.200. The molecule has 2 heterocycles. The second kappa shape index (κ2) is 8.59. The second-order valence-electron chi connectivity index (χ2n) is 7.66. The predicted octanol–water partition coefficient (Wildman–Crippen LogP) is 5.13. The van der Waals surface area contributed by atoms with Crippen molar-refractivity contribution in [2.24, 2.45) is 0 Å². The first-order valence-electron chi connectivity index (χ1n) is 10.0. The zero-order chi connectivity index (χ0) is 23.0. The summed E-state index contributed by atoms with van der Waals surface area (Å²) < 4.78 is 20.2. The molecule has 1 unspecified atom stereocenters. The first kappa shape index (κ1) is 21.8. The van der Waals surface area contributed by atoms with Crippen LogP contribution in [0.5, 0.6) is 5.75 Å². The van der Waals surface area contributed by atoms with E-state index in [9.17, 15) is 19.1 Å². The van der Waals surface area contributed by atoms with Crippen LogP contribution in [0.2, 0.25) is 0 Å². The maximum Gasteiger partial charge on any atom is 0.295 e. The maximum atomic E-state index is 14.9. The van der Waals surface area contributed by atoms with E-state index in [2.05, 4.69) is 0 Å². The van der Waals surface area contributed by atoms with Gasteiger partial charge in [-0.25, -0.2) is 4.39 Å². The van der Waals surface area contributed by atoms with Gasteiger partial charge in [-0.15, -0.1) is 11.3 Å². The summed E-state index contributed by atoms with van der Waals surface area (Å²) >= 11 is 1.44. The van der Waals surface area contributed by atoms with Crippen molar-refractivity contribution in [1.29, 1.82) is 0 Å². The van der Waals surface area contributed by atoms with Gasteiger partial charge >= 0.3 is 0 Å². The molecular weight excluding hydrogens is 429 g/mol. The Kier molecular flexibility index (Phi) is 5.84.